The van der Waals surface area contributed by atoms with Crippen molar-refractivity contribution in [3.05, 3.63) is 106 Å². The first-order valence-corrected chi connectivity index (χ1v) is 12.0. The van der Waals surface area contributed by atoms with E-state index >= 15 is 0 Å². The van der Waals surface area contributed by atoms with Crippen LogP contribution in [0.2, 0.25) is 5.02 Å². The van der Waals surface area contributed by atoms with Gasteiger partial charge in [-0.2, -0.15) is 0 Å². The number of hydrogen-bond donors (Lipinski definition) is 1. The van der Waals surface area contributed by atoms with Gasteiger partial charge in [-0.15, -0.1) is 11.8 Å². The van der Waals surface area contributed by atoms with E-state index in [0.29, 0.717) is 22.9 Å². The number of rotatable bonds is 6. The van der Waals surface area contributed by atoms with Crippen molar-refractivity contribution >= 4 is 35.2 Å². The van der Waals surface area contributed by atoms with Crippen molar-refractivity contribution in [1.82, 2.24) is 10.2 Å². The Bertz CT molecular complexity index is 1100. The molecule has 1 aliphatic rings. The molecule has 0 bridgehead atoms. The van der Waals surface area contributed by atoms with Gasteiger partial charge in [-0.1, -0.05) is 65.7 Å². The first kappa shape index (κ1) is 22.4. The fourth-order valence-electron chi connectivity index (χ4n) is 3.71. The molecule has 0 radical (unpaired) electrons. The van der Waals surface area contributed by atoms with Gasteiger partial charge in [-0.25, -0.2) is 0 Å². The van der Waals surface area contributed by atoms with Crippen LogP contribution in [0.1, 0.15) is 51.0 Å². The second-order valence-electron chi connectivity index (χ2n) is 8.04. The van der Waals surface area contributed by atoms with Crippen LogP contribution < -0.4 is 5.32 Å². The molecule has 2 atom stereocenters. The smallest absolute Gasteiger partial charge is 0.251 e. The molecule has 32 heavy (non-hydrogen) atoms. The minimum atomic E-state index is -0.113. The third-order valence-corrected chi connectivity index (χ3v) is 7.13. The lowest BCUT2D eigenvalue weighted by Gasteiger charge is -2.24. The van der Waals surface area contributed by atoms with Gasteiger partial charge in [0.15, 0.2) is 0 Å². The number of thioether (sulfide) groups is 1. The highest BCUT2D eigenvalue weighted by Gasteiger charge is 2.32. The zero-order valence-corrected chi connectivity index (χ0v) is 19.6. The molecule has 1 saturated heterocycles. The highest BCUT2D eigenvalue weighted by Crippen LogP contribution is 2.39. The van der Waals surface area contributed by atoms with Gasteiger partial charge in [0.2, 0.25) is 5.91 Å². The van der Waals surface area contributed by atoms with Crippen molar-refractivity contribution in [2.45, 2.75) is 31.8 Å². The molecule has 0 aromatic heterocycles. The predicted octanol–water partition coefficient (Wildman–Crippen LogP) is 5.91. The molecule has 4 nitrogen and oxygen atoms in total. The Balaban J connectivity index is 1.43. The number of benzene rings is 3. The first-order valence-electron chi connectivity index (χ1n) is 10.5. The van der Waals surface area contributed by atoms with Crippen molar-refractivity contribution in [1.29, 1.82) is 0 Å². The van der Waals surface area contributed by atoms with Gasteiger partial charge in [-0.3, -0.25) is 9.59 Å². The normalized spacial score (nSPS) is 16.8. The number of hydrogen-bond acceptors (Lipinski definition) is 3. The van der Waals surface area contributed by atoms with Crippen LogP contribution in [0.5, 0.6) is 0 Å². The van der Waals surface area contributed by atoms with Gasteiger partial charge < -0.3 is 10.2 Å². The Kier molecular flexibility index (Phi) is 6.87. The van der Waals surface area contributed by atoms with E-state index < -0.39 is 0 Å². The van der Waals surface area contributed by atoms with Crippen LogP contribution >= 0.6 is 23.4 Å². The Morgan fingerprint density at radius 2 is 1.72 bits per heavy atom. The van der Waals surface area contributed by atoms with Crippen molar-refractivity contribution < 1.29 is 9.59 Å². The van der Waals surface area contributed by atoms with Crippen LogP contribution in [0.3, 0.4) is 0 Å². The van der Waals surface area contributed by atoms with Crippen LogP contribution in [-0.4, -0.2) is 22.5 Å². The molecule has 0 aliphatic carbocycles. The van der Waals surface area contributed by atoms with Gasteiger partial charge in [0.05, 0.1) is 11.8 Å². The minimum Gasteiger partial charge on any atom is -0.346 e. The molecule has 3 aromatic carbocycles. The fraction of sp³-hybridized carbons (Fsp3) is 0.231. The Morgan fingerprint density at radius 3 is 2.38 bits per heavy atom. The quantitative estimate of drug-likeness (QED) is 0.493. The zero-order chi connectivity index (χ0) is 22.7. The second kappa shape index (κ2) is 9.80. The topological polar surface area (TPSA) is 49.4 Å². The standard InChI is InChI=1S/C26H25ClN2O2S/c1-17-3-7-20(8-4-17)18(2)28-25(31)21-9-11-22(12-10-21)26-29(24(30)16-32-26)15-19-5-13-23(27)14-6-19/h3-14,18,26H,15-16H2,1-2H3,(H,28,31)/t18-,26-/m1/s1. The summed E-state index contributed by atoms with van der Waals surface area (Å²) in [6, 6.07) is 23.2. The molecule has 1 heterocycles. The number of carbonyl (C=O) groups excluding carboxylic acids is 2. The molecule has 3 aromatic rings. The zero-order valence-electron chi connectivity index (χ0n) is 18.0. The van der Waals surface area contributed by atoms with Crippen molar-refractivity contribution in [2.24, 2.45) is 0 Å². The number of nitrogens with one attached hydrogen (secondary N) is 1. The highest BCUT2D eigenvalue weighted by atomic mass is 35.5. The molecule has 6 heteroatoms. The molecule has 1 aliphatic heterocycles. The molecule has 4 rings (SSSR count). The van der Waals surface area contributed by atoms with E-state index in [-0.39, 0.29) is 23.2 Å². The third-order valence-electron chi connectivity index (χ3n) is 5.62. The van der Waals surface area contributed by atoms with Crippen molar-refractivity contribution in [3.63, 3.8) is 0 Å². The monoisotopic (exact) mass is 464 g/mol. The van der Waals surface area contributed by atoms with Crippen molar-refractivity contribution in [2.75, 3.05) is 5.75 Å². The van der Waals surface area contributed by atoms with Crippen LogP contribution in [0.25, 0.3) is 0 Å². The second-order valence-corrected chi connectivity index (χ2v) is 9.54. The molecule has 1 fully saturated rings. The summed E-state index contributed by atoms with van der Waals surface area (Å²) < 4.78 is 0. The summed E-state index contributed by atoms with van der Waals surface area (Å²) in [5, 5.41) is 3.67. The number of halogens is 1. The molecule has 1 N–H and O–H groups in total. The Labute approximate surface area is 198 Å². The van der Waals surface area contributed by atoms with Gasteiger partial charge in [-0.05, 0) is 54.8 Å². The third kappa shape index (κ3) is 5.17. The van der Waals surface area contributed by atoms with Gasteiger partial charge in [0.25, 0.3) is 5.91 Å². The number of carbonyl (C=O) groups is 2. The lowest BCUT2D eigenvalue weighted by molar-refractivity contribution is -0.128. The Hall–Kier alpha value is -2.76. The van der Waals surface area contributed by atoms with E-state index in [1.807, 2.05) is 91.5 Å². The van der Waals surface area contributed by atoms with E-state index in [1.165, 1.54) is 5.56 Å². The lowest BCUT2D eigenvalue weighted by atomic mass is 10.1. The molecule has 0 spiro atoms. The average molecular weight is 465 g/mol. The Morgan fingerprint density at radius 1 is 1.06 bits per heavy atom. The highest BCUT2D eigenvalue weighted by molar-refractivity contribution is 8.00. The summed E-state index contributed by atoms with van der Waals surface area (Å²) in [6.45, 7) is 4.55. The minimum absolute atomic E-state index is 0.0678. The maximum absolute atomic E-state index is 12.7. The van der Waals surface area contributed by atoms with Crippen LogP contribution in [0.4, 0.5) is 0 Å². The summed E-state index contributed by atoms with van der Waals surface area (Å²) >= 11 is 7.58. The molecule has 2 amide bonds. The number of aryl methyl sites for hydroxylation is 1. The lowest BCUT2D eigenvalue weighted by Crippen LogP contribution is -2.28. The first-order chi connectivity index (χ1) is 15.4. The molecule has 0 unspecified atom stereocenters. The SMILES string of the molecule is Cc1ccc([C@@H](C)NC(=O)c2ccc([C@H]3SCC(=O)N3Cc3ccc(Cl)cc3)cc2)cc1. The van der Waals surface area contributed by atoms with E-state index in [9.17, 15) is 9.59 Å². The molecular weight excluding hydrogens is 440 g/mol. The van der Waals surface area contributed by atoms with Crippen LogP contribution in [-0.2, 0) is 11.3 Å². The van der Waals surface area contributed by atoms with E-state index in [4.69, 9.17) is 11.6 Å². The maximum atomic E-state index is 12.7. The molecule has 164 valence electrons. The number of amides is 2. The largest absolute Gasteiger partial charge is 0.346 e. The summed E-state index contributed by atoms with van der Waals surface area (Å²) in [7, 11) is 0. The van der Waals surface area contributed by atoms with Crippen LogP contribution in [0.15, 0.2) is 72.8 Å². The van der Waals surface area contributed by atoms with E-state index in [0.717, 1.165) is 16.7 Å². The fourth-order valence-corrected chi connectivity index (χ4v) is 5.02. The van der Waals surface area contributed by atoms with Crippen LogP contribution in [0, 0.1) is 6.92 Å². The predicted molar refractivity (Wildman–Crippen MR) is 131 cm³/mol. The summed E-state index contributed by atoms with van der Waals surface area (Å²) in [4.78, 5) is 27.1. The van der Waals surface area contributed by atoms with Crippen molar-refractivity contribution in [3.8, 4) is 0 Å². The molecular formula is C26H25ClN2O2S. The number of nitrogens with zero attached hydrogens (tertiary/aromatic N) is 1. The van der Waals surface area contributed by atoms with E-state index in [2.05, 4.69) is 5.32 Å². The summed E-state index contributed by atoms with van der Waals surface area (Å²) in [5.74, 6) is 0.454. The summed E-state index contributed by atoms with van der Waals surface area (Å²) in [5.41, 5.74) is 4.91. The van der Waals surface area contributed by atoms with Gasteiger partial charge in [0, 0.05) is 17.1 Å². The summed E-state index contributed by atoms with van der Waals surface area (Å²) in [6.07, 6.45) is 0. The molecule has 0 saturated carbocycles. The average Bonchev–Trinajstić information content (AvgIpc) is 3.16. The van der Waals surface area contributed by atoms with Gasteiger partial charge >= 0.3 is 0 Å². The maximum Gasteiger partial charge on any atom is 0.251 e. The van der Waals surface area contributed by atoms with Gasteiger partial charge in [0.1, 0.15) is 5.37 Å². The van der Waals surface area contributed by atoms with E-state index in [1.54, 1.807) is 11.8 Å².